The lowest BCUT2D eigenvalue weighted by molar-refractivity contribution is -0.116. The van der Waals surface area contributed by atoms with E-state index in [-0.39, 0.29) is 10.8 Å². The molecule has 3 aromatic carbocycles. The number of hydrogen-bond acceptors (Lipinski definition) is 4. The molecule has 3 rings (SSSR count). The fourth-order valence-corrected chi connectivity index (χ4v) is 3.78. The molecule has 0 atom stereocenters. The lowest BCUT2D eigenvalue weighted by atomic mass is 10.2. The molecule has 0 saturated carbocycles. The molecule has 0 unspecified atom stereocenters. The second-order valence-electron chi connectivity index (χ2n) is 6.41. The first-order valence-corrected chi connectivity index (χ1v) is 10.7. The van der Waals surface area contributed by atoms with Crippen LogP contribution in [0.3, 0.4) is 0 Å². The van der Waals surface area contributed by atoms with Gasteiger partial charge in [-0.1, -0.05) is 54.6 Å². The number of carbonyl (C=O) groups is 1. The van der Waals surface area contributed by atoms with Crippen LogP contribution in [0.15, 0.2) is 89.8 Å². The maximum atomic E-state index is 12.6. The zero-order valence-corrected chi connectivity index (χ0v) is 17.2. The second-order valence-corrected chi connectivity index (χ2v) is 8.09. The summed E-state index contributed by atoms with van der Waals surface area (Å²) < 4.78 is 32.9. The Kier molecular flexibility index (Phi) is 6.87. The number of ether oxygens (including phenoxy) is 1. The van der Waals surface area contributed by atoms with Crippen LogP contribution in [0.4, 0.5) is 5.69 Å². The Morgan fingerprint density at radius 2 is 1.60 bits per heavy atom. The molecule has 154 valence electrons. The Balaban J connectivity index is 1.62. The van der Waals surface area contributed by atoms with E-state index in [1.165, 1.54) is 25.3 Å². The van der Waals surface area contributed by atoms with Crippen LogP contribution in [0.25, 0.3) is 6.08 Å². The summed E-state index contributed by atoms with van der Waals surface area (Å²) in [4.78, 5) is 12.1. The lowest BCUT2D eigenvalue weighted by Crippen LogP contribution is -2.20. The van der Waals surface area contributed by atoms with E-state index in [1.54, 1.807) is 42.5 Å². The van der Waals surface area contributed by atoms with Crippen molar-refractivity contribution >= 4 is 27.7 Å². The van der Waals surface area contributed by atoms with Gasteiger partial charge in [0.25, 0.3) is 10.0 Å². The summed E-state index contributed by atoms with van der Waals surface area (Å²) in [5.74, 6) is 0.204. The fourth-order valence-electron chi connectivity index (χ4n) is 2.71. The average molecular weight is 423 g/mol. The van der Waals surface area contributed by atoms with Crippen molar-refractivity contribution in [1.29, 1.82) is 0 Å². The largest absolute Gasteiger partial charge is 0.495 e. The van der Waals surface area contributed by atoms with Gasteiger partial charge in [0, 0.05) is 12.6 Å². The van der Waals surface area contributed by atoms with E-state index < -0.39 is 10.0 Å². The number of amides is 1. The van der Waals surface area contributed by atoms with Crippen molar-refractivity contribution in [3.63, 3.8) is 0 Å². The summed E-state index contributed by atoms with van der Waals surface area (Å²) in [6.45, 7) is 0.440. The van der Waals surface area contributed by atoms with E-state index in [1.807, 2.05) is 30.3 Å². The van der Waals surface area contributed by atoms with E-state index >= 15 is 0 Å². The number of para-hydroxylation sites is 2. The standard InChI is InChI=1S/C23H22N2O4S/c1-29-22-10-6-5-9-21(22)25-30(27,28)20-14-11-18(12-15-20)13-16-23(26)24-17-19-7-3-2-4-8-19/h2-16,25H,17H2,1H3,(H,24,26). The van der Waals surface area contributed by atoms with Gasteiger partial charge in [-0.3, -0.25) is 9.52 Å². The molecule has 0 heterocycles. The van der Waals surface area contributed by atoms with Crippen molar-refractivity contribution in [2.75, 3.05) is 11.8 Å². The Hall–Kier alpha value is -3.58. The van der Waals surface area contributed by atoms with Gasteiger partial charge in [-0.05, 0) is 41.5 Å². The van der Waals surface area contributed by atoms with Gasteiger partial charge in [0.15, 0.2) is 0 Å². The van der Waals surface area contributed by atoms with E-state index in [0.29, 0.717) is 23.5 Å². The zero-order valence-electron chi connectivity index (χ0n) is 16.4. The molecule has 0 radical (unpaired) electrons. The van der Waals surface area contributed by atoms with Crippen molar-refractivity contribution in [3.8, 4) is 5.75 Å². The van der Waals surface area contributed by atoms with Crippen molar-refractivity contribution in [1.82, 2.24) is 5.32 Å². The van der Waals surface area contributed by atoms with Gasteiger partial charge in [0.1, 0.15) is 5.75 Å². The molecule has 3 aromatic rings. The number of hydrogen-bond donors (Lipinski definition) is 2. The number of sulfonamides is 1. The Bertz CT molecular complexity index is 1130. The fraction of sp³-hybridized carbons (Fsp3) is 0.0870. The van der Waals surface area contributed by atoms with Gasteiger partial charge in [-0.2, -0.15) is 0 Å². The van der Waals surface area contributed by atoms with Crippen LogP contribution in [-0.2, 0) is 21.4 Å². The highest BCUT2D eigenvalue weighted by Gasteiger charge is 2.16. The molecule has 0 aliphatic rings. The van der Waals surface area contributed by atoms with Gasteiger partial charge < -0.3 is 10.1 Å². The van der Waals surface area contributed by atoms with Gasteiger partial charge in [-0.25, -0.2) is 8.42 Å². The van der Waals surface area contributed by atoms with Crippen LogP contribution in [0.5, 0.6) is 5.75 Å². The molecule has 30 heavy (non-hydrogen) atoms. The lowest BCUT2D eigenvalue weighted by Gasteiger charge is -2.11. The maximum Gasteiger partial charge on any atom is 0.262 e. The SMILES string of the molecule is COc1ccccc1NS(=O)(=O)c1ccc(C=CC(=O)NCc2ccccc2)cc1. The minimum absolute atomic E-state index is 0.110. The smallest absolute Gasteiger partial charge is 0.262 e. The highest BCUT2D eigenvalue weighted by Crippen LogP contribution is 2.26. The summed E-state index contributed by atoms with van der Waals surface area (Å²) in [5.41, 5.74) is 2.08. The zero-order chi connectivity index (χ0) is 21.4. The van der Waals surface area contributed by atoms with Crippen molar-refractivity contribution in [2.45, 2.75) is 11.4 Å². The van der Waals surface area contributed by atoms with Crippen molar-refractivity contribution in [3.05, 3.63) is 96.1 Å². The van der Waals surface area contributed by atoms with Gasteiger partial charge in [-0.15, -0.1) is 0 Å². The van der Waals surface area contributed by atoms with Gasteiger partial charge in [0.05, 0.1) is 17.7 Å². The molecular formula is C23H22N2O4S. The molecular weight excluding hydrogens is 400 g/mol. The first-order valence-electron chi connectivity index (χ1n) is 9.24. The minimum Gasteiger partial charge on any atom is -0.495 e. The van der Waals surface area contributed by atoms with E-state index in [4.69, 9.17) is 4.74 Å². The topological polar surface area (TPSA) is 84.5 Å². The highest BCUT2D eigenvalue weighted by molar-refractivity contribution is 7.92. The summed E-state index contributed by atoms with van der Waals surface area (Å²) in [7, 11) is -2.29. The van der Waals surface area contributed by atoms with E-state index in [9.17, 15) is 13.2 Å². The molecule has 0 spiro atoms. The van der Waals surface area contributed by atoms with Crippen molar-refractivity contribution < 1.29 is 17.9 Å². The van der Waals surface area contributed by atoms with Crippen LogP contribution < -0.4 is 14.8 Å². The molecule has 2 N–H and O–H groups in total. The molecule has 0 aromatic heterocycles. The van der Waals surface area contributed by atoms with E-state index in [0.717, 1.165) is 5.56 Å². The molecule has 6 nitrogen and oxygen atoms in total. The second kappa shape index (κ2) is 9.76. The highest BCUT2D eigenvalue weighted by atomic mass is 32.2. The monoisotopic (exact) mass is 422 g/mol. The molecule has 0 fully saturated rings. The van der Waals surface area contributed by atoms with Gasteiger partial charge in [0.2, 0.25) is 5.91 Å². The first-order chi connectivity index (χ1) is 14.5. The molecule has 0 aliphatic heterocycles. The number of methoxy groups -OCH3 is 1. The van der Waals surface area contributed by atoms with E-state index in [2.05, 4.69) is 10.0 Å². The Labute approximate surface area is 176 Å². The summed E-state index contributed by atoms with van der Waals surface area (Å²) in [6, 6.07) is 22.6. The number of nitrogens with one attached hydrogen (secondary N) is 2. The number of anilines is 1. The van der Waals surface area contributed by atoms with Crippen LogP contribution in [0.1, 0.15) is 11.1 Å². The third-order valence-electron chi connectivity index (χ3n) is 4.28. The molecule has 1 amide bonds. The normalized spacial score (nSPS) is 11.2. The van der Waals surface area contributed by atoms with Crippen molar-refractivity contribution in [2.24, 2.45) is 0 Å². The number of benzene rings is 3. The Morgan fingerprint density at radius 1 is 0.933 bits per heavy atom. The quantitative estimate of drug-likeness (QED) is 0.541. The summed E-state index contributed by atoms with van der Waals surface area (Å²) in [6.07, 6.45) is 3.05. The van der Waals surface area contributed by atoms with Crippen LogP contribution in [-0.4, -0.2) is 21.4 Å². The third kappa shape index (κ3) is 5.71. The molecule has 0 aliphatic carbocycles. The first kappa shape index (κ1) is 21.1. The summed E-state index contributed by atoms with van der Waals surface area (Å²) >= 11 is 0. The molecule has 0 bridgehead atoms. The van der Waals surface area contributed by atoms with Crippen LogP contribution >= 0.6 is 0 Å². The molecule has 7 heteroatoms. The maximum absolute atomic E-state index is 12.6. The summed E-state index contributed by atoms with van der Waals surface area (Å²) in [5, 5.41) is 2.80. The third-order valence-corrected chi connectivity index (χ3v) is 5.66. The predicted octanol–water partition coefficient (Wildman–Crippen LogP) is 3.83. The average Bonchev–Trinajstić information content (AvgIpc) is 2.77. The van der Waals surface area contributed by atoms with Crippen LogP contribution in [0, 0.1) is 0 Å². The number of rotatable bonds is 8. The Morgan fingerprint density at radius 3 is 2.30 bits per heavy atom. The predicted molar refractivity (Wildman–Crippen MR) is 118 cm³/mol. The van der Waals surface area contributed by atoms with Crippen LogP contribution in [0.2, 0.25) is 0 Å². The minimum atomic E-state index is -3.77. The molecule has 0 saturated heterocycles. The van der Waals surface area contributed by atoms with Gasteiger partial charge >= 0.3 is 0 Å². The number of carbonyl (C=O) groups excluding carboxylic acids is 1.